The minimum absolute atomic E-state index is 0.0715. The van der Waals surface area contributed by atoms with Crippen LogP contribution in [0.4, 0.5) is 4.79 Å². The zero-order valence-corrected chi connectivity index (χ0v) is 16.5. The number of carbonyl (C=O) groups is 1. The molecule has 1 aliphatic rings. The van der Waals surface area contributed by atoms with Crippen molar-refractivity contribution in [2.24, 2.45) is 5.11 Å². The molecule has 0 aromatic heterocycles. The van der Waals surface area contributed by atoms with Crippen LogP contribution in [0.2, 0.25) is 0 Å². The summed E-state index contributed by atoms with van der Waals surface area (Å²) in [4.78, 5) is 15.1. The quantitative estimate of drug-likeness (QED) is 0.410. The van der Waals surface area contributed by atoms with Crippen molar-refractivity contribution in [1.82, 2.24) is 5.32 Å². The molecule has 1 heterocycles. The Hall–Kier alpha value is -3.10. The van der Waals surface area contributed by atoms with Crippen LogP contribution in [-0.2, 0) is 27.4 Å². The molecule has 0 aliphatic carbocycles. The van der Waals surface area contributed by atoms with Gasteiger partial charge in [-0.25, -0.2) is 4.79 Å². The molecule has 5 atom stereocenters. The van der Waals surface area contributed by atoms with E-state index in [1.165, 1.54) is 0 Å². The number of benzene rings is 2. The number of azide groups is 1. The van der Waals surface area contributed by atoms with Gasteiger partial charge in [-0.1, -0.05) is 65.8 Å². The molecule has 0 unspecified atom stereocenters. The molecule has 1 saturated heterocycles. The standard InChI is InChI=1S/C21H24N4O5/c1-14-17(24-25-22)19(26)18(20(30-14)28-12-15-8-4-2-5-9-15)23-21(27)29-13-16-10-6-3-7-11-16/h2-11,14,17-20,26H,12-13H2,1H3,(H,23,27)/t14-,17+,18-,19-,20+/m1/s1. The second-order valence-corrected chi connectivity index (χ2v) is 6.92. The number of ether oxygens (including phenoxy) is 3. The molecule has 2 aromatic rings. The number of aliphatic hydroxyl groups is 1. The van der Waals surface area contributed by atoms with Gasteiger partial charge in [-0.15, -0.1) is 0 Å². The first-order valence-electron chi connectivity index (χ1n) is 9.59. The van der Waals surface area contributed by atoms with E-state index in [1.54, 1.807) is 6.92 Å². The Morgan fingerprint density at radius 1 is 1.13 bits per heavy atom. The summed E-state index contributed by atoms with van der Waals surface area (Å²) in [5.74, 6) is 0. The molecular weight excluding hydrogens is 388 g/mol. The zero-order valence-electron chi connectivity index (χ0n) is 16.5. The second-order valence-electron chi connectivity index (χ2n) is 6.92. The smallest absolute Gasteiger partial charge is 0.407 e. The lowest BCUT2D eigenvalue weighted by Gasteiger charge is -2.41. The van der Waals surface area contributed by atoms with Crippen LogP contribution < -0.4 is 5.32 Å². The maximum absolute atomic E-state index is 12.3. The molecule has 9 nitrogen and oxygen atoms in total. The molecule has 0 radical (unpaired) electrons. The fourth-order valence-electron chi connectivity index (χ4n) is 3.20. The van der Waals surface area contributed by atoms with Gasteiger partial charge in [0.1, 0.15) is 12.6 Å². The highest BCUT2D eigenvalue weighted by Crippen LogP contribution is 2.25. The first-order chi connectivity index (χ1) is 14.6. The van der Waals surface area contributed by atoms with Crippen LogP contribution in [0.25, 0.3) is 10.4 Å². The predicted molar refractivity (Wildman–Crippen MR) is 108 cm³/mol. The van der Waals surface area contributed by atoms with Gasteiger partial charge in [0, 0.05) is 4.91 Å². The molecule has 2 N–H and O–H groups in total. The third kappa shape index (κ3) is 5.71. The van der Waals surface area contributed by atoms with E-state index in [2.05, 4.69) is 15.3 Å². The number of hydrogen-bond donors (Lipinski definition) is 2. The van der Waals surface area contributed by atoms with E-state index in [-0.39, 0.29) is 13.2 Å². The summed E-state index contributed by atoms with van der Waals surface area (Å²) in [6.45, 7) is 1.96. The summed E-state index contributed by atoms with van der Waals surface area (Å²) in [5, 5.41) is 16.9. The molecule has 9 heteroatoms. The third-order valence-electron chi connectivity index (χ3n) is 4.78. The van der Waals surface area contributed by atoms with Gasteiger partial charge in [0.15, 0.2) is 6.29 Å². The van der Waals surface area contributed by atoms with Crippen molar-refractivity contribution in [3.8, 4) is 0 Å². The van der Waals surface area contributed by atoms with Crippen molar-refractivity contribution < 1.29 is 24.1 Å². The number of nitrogens with zero attached hydrogens (tertiary/aromatic N) is 3. The van der Waals surface area contributed by atoms with Crippen molar-refractivity contribution in [1.29, 1.82) is 0 Å². The van der Waals surface area contributed by atoms with Gasteiger partial charge in [-0.2, -0.15) is 0 Å². The Morgan fingerprint density at radius 3 is 2.33 bits per heavy atom. The summed E-state index contributed by atoms with van der Waals surface area (Å²) in [6, 6.07) is 16.8. The minimum atomic E-state index is -1.21. The first kappa shape index (κ1) is 21.6. The highest BCUT2D eigenvalue weighted by atomic mass is 16.7. The third-order valence-corrected chi connectivity index (χ3v) is 4.78. The Balaban J connectivity index is 1.67. The number of amides is 1. The lowest BCUT2D eigenvalue weighted by atomic mass is 9.96. The Labute approximate surface area is 174 Å². The van der Waals surface area contributed by atoms with E-state index in [9.17, 15) is 9.90 Å². The summed E-state index contributed by atoms with van der Waals surface area (Å²) in [6.07, 6.45) is -3.51. The fourth-order valence-corrected chi connectivity index (χ4v) is 3.20. The number of hydrogen-bond acceptors (Lipinski definition) is 6. The Bertz CT molecular complexity index is 860. The van der Waals surface area contributed by atoms with E-state index in [1.807, 2.05) is 60.7 Å². The maximum atomic E-state index is 12.3. The largest absolute Gasteiger partial charge is 0.445 e. The number of rotatable bonds is 7. The van der Waals surface area contributed by atoms with Gasteiger partial charge in [0.25, 0.3) is 0 Å². The van der Waals surface area contributed by atoms with Crippen molar-refractivity contribution in [3.63, 3.8) is 0 Å². The highest BCUT2D eigenvalue weighted by Gasteiger charge is 2.44. The average Bonchev–Trinajstić information content (AvgIpc) is 2.77. The summed E-state index contributed by atoms with van der Waals surface area (Å²) < 4.78 is 16.9. The van der Waals surface area contributed by atoms with E-state index < -0.39 is 36.7 Å². The van der Waals surface area contributed by atoms with E-state index >= 15 is 0 Å². The monoisotopic (exact) mass is 412 g/mol. The normalized spacial score (nSPS) is 25.7. The maximum Gasteiger partial charge on any atom is 0.407 e. The molecule has 0 bridgehead atoms. The number of carbonyl (C=O) groups excluding carboxylic acids is 1. The molecule has 30 heavy (non-hydrogen) atoms. The van der Waals surface area contributed by atoms with Crippen LogP contribution in [0.5, 0.6) is 0 Å². The van der Waals surface area contributed by atoms with Crippen LogP contribution in [0.1, 0.15) is 18.1 Å². The van der Waals surface area contributed by atoms with Gasteiger partial charge in [-0.05, 0) is 23.6 Å². The molecule has 158 valence electrons. The highest BCUT2D eigenvalue weighted by molar-refractivity contribution is 5.67. The lowest BCUT2D eigenvalue weighted by molar-refractivity contribution is -0.236. The second kappa shape index (κ2) is 10.6. The average molecular weight is 412 g/mol. The Morgan fingerprint density at radius 2 is 1.73 bits per heavy atom. The van der Waals surface area contributed by atoms with E-state index in [0.29, 0.717) is 0 Å². The van der Waals surface area contributed by atoms with Crippen molar-refractivity contribution in [2.75, 3.05) is 0 Å². The van der Waals surface area contributed by atoms with Crippen LogP contribution in [0.3, 0.4) is 0 Å². The molecule has 2 aromatic carbocycles. The van der Waals surface area contributed by atoms with Crippen LogP contribution in [0, 0.1) is 0 Å². The van der Waals surface area contributed by atoms with Gasteiger partial charge in [0.2, 0.25) is 0 Å². The van der Waals surface area contributed by atoms with E-state index in [0.717, 1.165) is 11.1 Å². The fraction of sp³-hybridized carbons (Fsp3) is 0.381. The predicted octanol–water partition coefficient (Wildman–Crippen LogP) is 3.28. The molecule has 1 fully saturated rings. The Kier molecular flexibility index (Phi) is 7.64. The van der Waals surface area contributed by atoms with Crippen LogP contribution in [-0.4, -0.2) is 41.8 Å². The van der Waals surface area contributed by atoms with Crippen LogP contribution >= 0.6 is 0 Å². The SMILES string of the molecule is C[C@H]1O[C@H](OCc2ccccc2)[C@H](NC(=O)OCc2ccccc2)[C@H](O)[C@H]1N=[N+]=[N-]. The van der Waals surface area contributed by atoms with Gasteiger partial charge in [0.05, 0.1) is 24.9 Å². The number of aliphatic hydroxyl groups excluding tert-OH is 1. The van der Waals surface area contributed by atoms with Crippen molar-refractivity contribution in [3.05, 3.63) is 82.2 Å². The lowest BCUT2D eigenvalue weighted by Crippen LogP contribution is -2.63. The van der Waals surface area contributed by atoms with Gasteiger partial charge >= 0.3 is 6.09 Å². The minimum Gasteiger partial charge on any atom is -0.445 e. The first-order valence-corrected chi connectivity index (χ1v) is 9.59. The summed E-state index contributed by atoms with van der Waals surface area (Å²) in [7, 11) is 0. The van der Waals surface area contributed by atoms with Gasteiger partial charge < -0.3 is 24.6 Å². The number of nitrogens with one attached hydrogen (secondary N) is 1. The topological polar surface area (TPSA) is 126 Å². The summed E-state index contributed by atoms with van der Waals surface area (Å²) >= 11 is 0. The van der Waals surface area contributed by atoms with Crippen molar-refractivity contribution in [2.45, 2.75) is 50.7 Å². The molecule has 3 rings (SSSR count). The zero-order chi connectivity index (χ0) is 21.3. The summed E-state index contributed by atoms with van der Waals surface area (Å²) in [5.41, 5.74) is 10.5. The van der Waals surface area contributed by atoms with Crippen molar-refractivity contribution >= 4 is 6.09 Å². The van der Waals surface area contributed by atoms with E-state index in [4.69, 9.17) is 19.7 Å². The van der Waals surface area contributed by atoms with Crippen LogP contribution in [0.15, 0.2) is 65.8 Å². The molecule has 0 spiro atoms. The molecule has 1 aliphatic heterocycles. The van der Waals surface area contributed by atoms with Gasteiger partial charge in [-0.3, -0.25) is 0 Å². The molecule has 1 amide bonds. The molecule has 0 saturated carbocycles. The molecular formula is C21H24N4O5. The number of alkyl carbamates (subject to hydrolysis) is 1.